The van der Waals surface area contributed by atoms with Gasteiger partial charge in [-0.25, -0.2) is 0 Å². The second-order valence-corrected chi connectivity index (χ2v) is 22.5. The van der Waals surface area contributed by atoms with E-state index < -0.39 is 25.7 Å². The molecule has 0 saturated heterocycles. The number of nitrogens with one attached hydrogen (secondary N) is 2. The summed E-state index contributed by atoms with van der Waals surface area (Å²) in [6.07, 6.45) is 7.25. The maximum atomic E-state index is 5.62. The van der Waals surface area contributed by atoms with Crippen LogP contribution in [0.5, 0.6) is 0 Å². The molecule has 12 heteroatoms. The van der Waals surface area contributed by atoms with Crippen LogP contribution in [0.2, 0.25) is 43.8 Å². The van der Waals surface area contributed by atoms with Gasteiger partial charge in [0, 0.05) is 48.4 Å². The maximum Gasteiger partial charge on any atom is 0.334 e. The molecule has 0 rings (SSSR count). The van der Waals surface area contributed by atoms with Gasteiger partial charge in [0.15, 0.2) is 0 Å². The van der Waals surface area contributed by atoms with E-state index >= 15 is 0 Å². The average Bonchev–Trinajstić information content (AvgIpc) is 2.87. The summed E-state index contributed by atoms with van der Waals surface area (Å²) in [4.78, 5) is 0. The van der Waals surface area contributed by atoms with Crippen molar-refractivity contribution in [1.29, 1.82) is 0 Å². The quantitative estimate of drug-likeness (QED) is 0.106. The van der Waals surface area contributed by atoms with Crippen molar-refractivity contribution in [3.8, 4) is 0 Å². The zero-order valence-electron chi connectivity index (χ0n) is 23.7. The molecular weight excluding hydrogens is 501 g/mol. The van der Waals surface area contributed by atoms with Gasteiger partial charge in [-0.15, -0.1) is 0 Å². The summed E-state index contributed by atoms with van der Waals surface area (Å²) in [6.45, 7) is 8.42. The Morgan fingerprint density at radius 1 is 0.529 bits per heavy atom. The first-order valence-corrected chi connectivity index (χ1v) is 22.3. The van der Waals surface area contributed by atoms with Gasteiger partial charge in [0.25, 0.3) is 0 Å². The van der Waals surface area contributed by atoms with E-state index in [1.807, 2.05) is 0 Å². The number of hydrogen-bond donors (Lipinski definition) is 2. The van der Waals surface area contributed by atoms with E-state index in [0.717, 1.165) is 44.1 Å². The summed E-state index contributed by atoms with van der Waals surface area (Å²) >= 11 is 0. The van der Waals surface area contributed by atoms with Crippen molar-refractivity contribution in [2.45, 2.75) is 88.1 Å². The van der Waals surface area contributed by atoms with Crippen LogP contribution in [-0.2, 0) is 26.6 Å². The molecular formula is C22H56N2O6Si4. The highest BCUT2D eigenvalue weighted by atomic mass is 28.4. The Balaban J connectivity index is 4.36. The molecule has 0 saturated carbocycles. The Morgan fingerprint density at radius 3 is 1.26 bits per heavy atom. The molecule has 8 nitrogen and oxygen atoms in total. The van der Waals surface area contributed by atoms with E-state index in [9.17, 15) is 0 Å². The van der Waals surface area contributed by atoms with E-state index in [2.05, 4.69) is 30.3 Å². The van der Waals surface area contributed by atoms with Gasteiger partial charge in [0.05, 0.1) is 9.52 Å². The number of unbranched alkanes of at least 4 members (excludes halogenated alkanes) is 3. The van der Waals surface area contributed by atoms with Crippen molar-refractivity contribution in [1.82, 2.24) is 10.6 Å². The zero-order chi connectivity index (χ0) is 25.9. The fraction of sp³-hybridized carbons (Fsp3) is 1.00. The van der Waals surface area contributed by atoms with Crippen molar-refractivity contribution in [3.63, 3.8) is 0 Å². The number of rotatable bonds is 24. The van der Waals surface area contributed by atoms with Crippen molar-refractivity contribution < 1.29 is 26.6 Å². The van der Waals surface area contributed by atoms with Crippen molar-refractivity contribution in [2.24, 2.45) is 0 Å². The minimum absolute atomic E-state index is 0.256. The molecule has 0 radical (unpaired) electrons. The van der Waals surface area contributed by atoms with E-state index in [0.29, 0.717) is 5.79 Å². The Hall–Kier alpha value is 0.548. The molecule has 34 heavy (non-hydrogen) atoms. The Kier molecular flexibility index (Phi) is 19.9. The van der Waals surface area contributed by atoms with E-state index in [1.165, 1.54) is 31.7 Å². The fourth-order valence-electron chi connectivity index (χ4n) is 3.84. The van der Waals surface area contributed by atoms with E-state index in [1.54, 1.807) is 42.7 Å². The molecule has 0 aliphatic rings. The second-order valence-electron chi connectivity index (χ2n) is 9.60. The largest absolute Gasteiger partial charge is 0.398 e. The molecule has 0 heterocycles. The zero-order valence-corrected chi connectivity index (χ0v) is 28.1. The first kappa shape index (κ1) is 34.5. The monoisotopic (exact) mass is 556 g/mol. The van der Waals surface area contributed by atoms with Crippen LogP contribution in [0.1, 0.15) is 38.5 Å². The summed E-state index contributed by atoms with van der Waals surface area (Å²) in [5.41, 5.74) is 0. The molecule has 0 bridgehead atoms. The second kappa shape index (κ2) is 19.6. The van der Waals surface area contributed by atoms with E-state index in [-0.39, 0.29) is 9.52 Å². The standard InChI is InChI=1S/C22H56N2O6Si4/c1-25-32(7,26-2)19-13-11-10-12-18-31-22(23-16-14-20-33(8,27-3)28-4)24-17-15-21-34(9,29-5)30-6/h22-24H,10-21,31H2,1-9H3. The SMILES string of the molecule is CO[Si](C)(CCCCCC[SiH2]C(NCCC[Si](C)(OC)OC)NCCC[Si](C)(OC)OC)OC. The van der Waals surface area contributed by atoms with Crippen LogP contribution in [0, 0.1) is 0 Å². The summed E-state index contributed by atoms with van der Waals surface area (Å²) in [5.74, 6) is 0.466. The fourth-order valence-corrected chi connectivity index (χ4v) is 9.96. The summed E-state index contributed by atoms with van der Waals surface area (Å²) in [5, 5.41) is 7.57. The molecule has 0 aromatic heterocycles. The molecule has 0 unspecified atom stereocenters. The Morgan fingerprint density at radius 2 is 0.882 bits per heavy atom. The van der Waals surface area contributed by atoms with Crippen molar-refractivity contribution >= 4 is 35.2 Å². The average molecular weight is 557 g/mol. The van der Waals surface area contributed by atoms with Crippen LogP contribution in [-0.4, -0.2) is 96.7 Å². The van der Waals surface area contributed by atoms with Gasteiger partial charge >= 0.3 is 25.7 Å². The molecule has 0 atom stereocenters. The highest BCUT2D eigenvalue weighted by Crippen LogP contribution is 2.17. The topological polar surface area (TPSA) is 79.4 Å². The lowest BCUT2D eigenvalue weighted by molar-refractivity contribution is 0.247. The third-order valence-corrected chi connectivity index (χ3v) is 18.1. The molecule has 2 N–H and O–H groups in total. The first-order valence-electron chi connectivity index (χ1n) is 12.9. The lowest BCUT2D eigenvalue weighted by atomic mass is 10.2. The van der Waals surface area contributed by atoms with Gasteiger partial charge in [0.2, 0.25) is 0 Å². The van der Waals surface area contributed by atoms with Gasteiger partial charge in [-0.1, -0.05) is 31.7 Å². The minimum atomic E-state index is -1.98. The Bertz CT molecular complexity index is 458. The van der Waals surface area contributed by atoms with Crippen molar-refractivity contribution in [3.05, 3.63) is 0 Å². The first-order chi connectivity index (χ1) is 16.1. The highest BCUT2D eigenvalue weighted by molar-refractivity contribution is 6.66. The number of hydrogen-bond acceptors (Lipinski definition) is 8. The minimum Gasteiger partial charge on any atom is -0.398 e. The summed E-state index contributed by atoms with van der Waals surface area (Å²) < 4.78 is 33.7. The molecule has 0 spiro atoms. The summed E-state index contributed by atoms with van der Waals surface area (Å²) in [7, 11) is 4.52. The van der Waals surface area contributed by atoms with Crippen LogP contribution < -0.4 is 10.6 Å². The smallest absolute Gasteiger partial charge is 0.334 e. The third-order valence-electron chi connectivity index (χ3n) is 7.11. The predicted molar refractivity (Wildman–Crippen MR) is 152 cm³/mol. The van der Waals surface area contributed by atoms with E-state index in [4.69, 9.17) is 26.6 Å². The van der Waals surface area contributed by atoms with Crippen LogP contribution >= 0.6 is 0 Å². The van der Waals surface area contributed by atoms with Crippen LogP contribution in [0.15, 0.2) is 0 Å². The van der Waals surface area contributed by atoms with Gasteiger partial charge in [-0.2, -0.15) is 0 Å². The lowest BCUT2D eigenvalue weighted by Gasteiger charge is -2.25. The lowest BCUT2D eigenvalue weighted by Crippen LogP contribution is -2.48. The normalized spacial score (nSPS) is 13.6. The van der Waals surface area contributed by atoms with Crippen LogP contribution in [0.25, 0.3) is 0 Å². The molecule has 0 fully saturated rings. The highest BCUT2D eigenvalue weighted by Gasteiger charge is 2.29. The maximum absolute atomic E-state index is 5.62. The Labute approximate surface area is 216 Å². The third kappa shape index (κ3) is 15.6. The van der Waals surface area contributed by atoms with Gasteiger partial charge in [-0.05, 0) is 63.7 Å². The van der Waals surface area contributed by atoms with Crippen LogP contribution in [0.4, 0.5) is 0 Å². The van der Waals surface area contributed by atoms with Gasteiger partial charge in [-0.3, -0.25) is 0 Å². The molecule has 206 valence electrons. The van der Waals surface area contributed by atoms with Crippen LogP contribution in [0.3, 0.4) is 0 Å². The van der Waals surface area contributed by atoms with Crippen molar-refractivity contribution in [2.75, 3.05) is 55.7 Å². The predicted octanol–water partition coefficient (Wildman–Crippen LogP) is 3.47. The molecule has 0 aromatic carbocycles. The molecule has 0 amide bonds. The summed E-state index contributed by atoms with van der Waals surface area (Å²) in [6, 6.07) is 4.47. The molecule has 0 aliphatic heterocycles. The molecule has 0 aromatic rings. The van der Waals surface area contributed by atoms with Gasteiger partial charge in [0.1, 0.15) is 0 Å². The van der Waals surface area contributed by atoms with Gasteiger partial charge < -0.3 is 37.2 Å². The molecule has 0 aliphatic carbocycles.